The number of carbonyl (C=O) groups excluding carboxylic acids is 1. The molecule has 20 nitrogen and oxygen atoms in total. The van der Waals surface area contributed by atoms with Crippen molar-refractivity contribution in [2.24, 2.45) is 0 Å². The van der Waals surface area contributed by atoms with E-state index in [2.05, 4.69) is 8.83 Å². The molecule has 22 heteroatoms. The molecule has 0 saturated carbocycles. The number of aliphatic hydroxyl groups is 7. The maximum absolute atomic E-state index is 11.7. The molecule has 0 aromatic carbocycles. The Bertz CT molecular complexity index is 1090. The number of aliphatic hydroxyl groups excluding tert-OH is 7. The Balaban J connectivity index is 0.000000482. The second-order valence-corrected chi connectivity index (χ2v) is 10.1. The second kappa shape index (κ2) is 13.9. The topological polar surface area (TPSA) is 336 Å². The molecule has 1 aliphatic rings. The molecule has 0 spiro atoms. The number of hydrogen-bond acceptors (Lipinski definition) is 15. The van der Waals surface area contributed by atoms with Crippen LogP contribution >= 0.6 is 15.6 Å². The normalized spacial score (nSPS) is 26.8. The number of rotatable bonds is 11. The Hall–Kier alpha value is -1.71. The van der Waals surface area contributed by atoms with Crippen LogP contribution in [0.5, 0.6) is 0 Å². The van der Waals surface area contributed by atoms with E-state index in [1.54, 1.807) is 0 Å². The summed E-state index contributed by atoms with van der Waals surface area (Å²) in [6, 6.07) is 0.962. The van der Waals surface area contributed by atoms with E-state index in [9.17, 15) is 33.7 Å². The van der Waals surface area contributed by atoms with Gasteiger partial charge in [-0.25, -0.2) is 13.9 Å². The lowest BCUT2D eigenvalue weighted by atomic mass is 10.0. The van der Waals surface area contributed by atoms with Crippen LogP contribution in [0.4, 0.5) is 0 Å². The molecule has 0 bridgehead atoms. The van der Waals surface area contributed by atoms with E-state index in [-0.39, 0.29) is 6.29 Å². The van der Waals surface area contributed by atoms with Crippen molar-refractivity contribution >= 4 is 21.9 Å². The van der Waals surface area contributed by atoms with Gasteiger partial charge in [-0.1, -0.05) is 0 Å². The smallest absolute Gasteiger partial charge is 0.394 e. The van der Waals surface area contributed by atoms with Crippen LogP contribution in [0.1, 0.15) is 6.23 Å². The fraction of sp³-hybridized carbons (Fsp3) is 0.667. The average Bonchev–Trinajstić information content (AvgIpc) is 3.08. The molecule has 1 aromatic heterocycles. The molecule has 1 saturated heterocycles. The minimum Gasteiger partial charge on any atom is -0.394 e. The van der Waals surface area contributed by atoms with Gasteiger partial charge in [-0.2, -0.15) is 4.31 Å². The summed E-state index contributed by atoms with van der Waals surface area (Å²) in [5, 5.41) is 63.3. The van der Waals surface area contributed by atoms with Crippen molar-refractivity contribution in [3.63, 3.8) is 0 Å². The number of carbonyl (C=O) groups is 1. The van der Waals surface area contributed by atoms with E-state index in [1.807, 2.05) is 4.98 Å². The highest BCUT2D eigenvalue weighted by molar-refractivity contribution is 7.60. The lowest BCUT2D eigenvalue weighted by Gasteiger charge is -2.22. The minimum atomic E-state index is -5.32. The summed E-state index contributed by atoms with van der Waals surface area (Å²) in [5.41, 5.74) is -1.65. The van der Waals surface area contributed by atoms with Gasteiger partial charge in [-0.15, -0.1) is 0 Å². The monoisotopic (exact) mass is 584 g/mol. The Morgan fingerprint density at radius 3 is 2.16 bits per heavy atom. The fourth-order valence-electron chi connectivity index (χ4n) is 2.67. The summed E-state index contributed by atoms with van der Waals surface area (Å²) in [4.78, 5) is 60.6. The summed E-state index contributed by atoms with van der Waals surface area (Å²) in [6.45, 7) is -1.66. The van der Waals surface area contributed by atoms with Gasteiger partial charge in [0.15, 0.2) is 12.5 Å². The first-order chi connectivity index (χ1) is 16.9. The van der Waals surface area contributed by atoms with E-state index in [0.29, 0.717) is 0 Å². The third-order valence-corrected chi connectivity index (χ3v) is 6.65. The number of nitrogens with one attached hydrogen (secondary N) is 1. The number of phosphoric acid groups is 2. The predicted octanol–water partition coefficient (Wildman–Crippen LogP) is -6.00. The molecule has 9 unspecified atom stereocenters. The largest absolute Gasteiger partial charge is 0.481 e. The van der Waals surface area contributed by atoms with E-state index in [1.165, 1.54) is 0 Å². The van der Waals surface area contributed by atoms with Gasteiger partial charge in [0.1, 0.15) is 42.7 Å². The van der Waals surface area contributed by atoms with Crippen LogP contribution in [0, 0.1) is 0 Å². The molecule has 1 aromatic rings. The number of hydrogen-bond donors (Lipinski definition) is 11. The zero-order valence-electron chi connectivity index (χ0n) is 18.3. The minimum absolute atomic E-state index is 0.0258. The highest BCUT2D eigenvalue weighted by Gasteiger charge is 2.45. The zero-order valence-corrected chi connectivity index (χ0v) is 20.1. The molecule has 0 amide bonds. The van der Waals surface area contributed by atoms with E-state index >= 15 is 0 Å². The van der Waals surface area contributed by atoms with Gasteiger partial charge in [0, 0.05) is 12.3 Å². The van der Waals surface area contributed by atoms with Crippen LogP contribution in [0.2, 0.25) is 0 Å². The Morgan fingerprint density at radius 1 is 1.08 bits per heavy atom. The van der Waals surface area contributed by atoms with Gasteiger partial charge in [0.05, 0.1) is 13.2 Å². The molecule has 9 atom stereocenters. The van der Waals surface area contributed by atoms with Crippen molar-refractivity contribution in [2.75, 3.05) is 13.2 Å². The number of nitrogens with zero attached hydrogens (tertiary/aromatic N) is 1. The summed E-state index contributed by atoms with van der Waals surface area (Å²) < 4.78 is 35.6. The lowest BCUT2D eigenvalue weighted by molar-refractivity contribution is -0.136. The lowest BCUT2D eigenvalue weighted by Crippen LogP contribution is -2.46. The molecule has 1 aliphatic heterocycles. The molecule has 1 fully saturated rings. The van der Waals surface area contributed by atoms with Crippen LogP contribution in [0.15, 0.2) is 21.9 Å². The maximum Gasteiger partial charge on any atom is 0.481 e. The number of H-pyrrole nitrogens is 1. The first kappa shape index (κ1) is 33.3. The Morgan fingerprint density at radius 2 is 1.68 bits per heavy atom. The SMILES string of the molecule is O=CC(O)C(O)C(O)C(O)CO.O=c1ccn(C2OC(COP(=O)(O)OP(=O)(O)O)C(O)C2O)c(=O)[nH]1. The zero-order chi connectivity index (χ0) is 28.7. The van der Waals surface area contributed by atoms with Crippen molar-refractivity contribution in [1.29, 1.82) is 0 Å². The molecular formula is C15H26N2O18P2. The van der Waals surface area contributed by atoms with Gasteiger partial charge < -0.3 is 60.0 Å². The van der Waals surface area contributed by atoms with E-state index in [4.69, 9.17) is 44.9 Å². The Kier molecular flexibility index (Phi) is 12.5. The maximum atomic E-state index is 11.7. The van der Waals surface area contributed by atoms with E-state index < -0.39 is 89.1 Å². The van der Waals surface area contributed by atoms with Crippen LogP contribution in [-0.4, -0.2) is 122 Å². The van der Waals surface area contributed by atoms with Crippen molar-refractivity contribution < 1.29 is 77.9 Å². The van der Waals surface area contributed by atoms with Crippen molar-refractivity contribution in [2.45, 2.75) is 49.0 Å². The van der Waals surface area contributed by atoms with Crippen LogP contribution < -0.4 is 11.2 Å². The average molecular weight is 584 g/mol. The quantitative estimate of drug-likeness (QED) is 0.0851. The van der Waals surface area contributed by atoms with Gasteiger partial charge in [0.25, 0.3) is 5.56 Å². The summed E-state index contributed by atoms with van der Waals surface area (Å²) in [5.74, 6) is 0. The van der Waals surface area contributed by atoms with Gasteiger partial charge in [-0.05, 0) is 0 Å². The summed E-state index contributed by atoms with van der Waals surface area (Å²) in [7, 11) is -10.5. The summed E-state index contributed by atoms with van der Waals surface area (Å²) in [6.07, 6.45) is -12.1. The number of aromatic amines is 1. The third-order valence-electron chi connectivity index (χ3n) is 4.49. The van der Waals surface area contributed by atoms with Crippen molar-refractivity contribution in [1.82, 2.24) is 9.55 Å². The van der Waals surface area contributed by atoms with Crippen molar-refractivity contribution in [3.8, 4) is 0 Å². The number of aldehydes is 1. The standard InChI is InChI=1S/C9H14N2O12P2.C6H12O6/c12-5-1-2-11(9(15)10-5)8-7(14)6(13)4(22-8)3-21-25(19,20)23-24(16,17)18;7-1-3(9)5(11)6(12)4(10)2-8/h1-2,4,6-8,13-14H,3H2,(H,19,20)(H,10,12,15)(H2,16,17,18);1,3-6,8-12H,2H2. The molecule has 37 heavy (non-hydrogen) atoms. The van der Waals surface area contributed by atoms with Crippen LogP contribution in [0.3, 0.4) is 0 Å². The molecule has 11 N–H and O–H groups in total. The van der Waals surface area contributed by atoms with E-state index in [0.717, 1.165) is 16.8 Å². The molecule has 0 aliphatic carbocycles. The molecule has 0 radical (unpaired) electrons. The number of ether oxygens (including phenoxy) is 1. The number of aromatic nitrogens is 2. The van der Waals surface area contributed by atoms with Crippen molar-refractivity contribution in [3.05, 3.63) is 33.1 Å². The molecular weight excluding hydrogens is 558 g/mol. The highest BCUT2D eigenvalue weighted by atomic mass is 31.3. The molecule has 214 valence electrons. The third kappa shape index (κ3) is 10.2. The van der Waals surface area contributed by atoms with Crippen LogP contribution in [-0.2, 0) is 27.5 Å². The molecule has 2 heterocycles. The van der Waals surface area contributed by atoms with Gasteiger partial charge >= 0.3 is 21.3 Å². The fourth-order valence-corrected chi connectivity index (χ4v) is 4.27. The summed E-state index contributed by atoms with van der Waals surface area (Å²) >= 11 is 0. The first-order valence-electron chi connectivity index (χ1n) is 9.79. The number of phosphoric ester groups is 1. The first-order valence-corrected chi connectivity index (χ1v) is 12.8. The molecule has 2 rings (SSSR count). The second-order valence-electron chi connectivity index (χ2n) is 7.26. The Labute approximate surface area is 205 Å². The highest BCUT2D eigenvalue weighted by Crippen LogP contribution is 2.57. The van der Waals surface area contributed by atoms with Gasteiger partial charge in [-0.3, -0.25) is 18.9 Å². The predicted molar refractivity (Wildman–Crippen MR) is 113 cm³/mol. The van der Waals surface area contributed by atoms with Gasteiger partial charge in [0.2, 0.25) is 0 Å². The van der Waals surface area contributed by atoms with Crippen LogP contribution in [0.25, 0.3) is 0 Å².